The van der Waals surface area contributed by atoms with Gasteiger partial charge in [0.25, 0.3) is 5.56 Å². The maximum Gasteiger partial charge on any atom is 0.276 e. The van der Waals surface area contributed by atoms with Gasteiger partial charge in [0.2, 0.25) is 0 Å². The van der Waals surface area contributed by atoms with Crippen molar-refractivity contribution in [1.29, 1.82) is 5.26 Å². The van der Waals surface area contributed by atoms with Crippen molar-refractivity contribution in [1.82, 2.24) is 19.6 Å². The molecule has 0 aliphatic rings. The van der Waals surface area contributed by atoms with E-state index >= 15 is 0 Å². The number of hydrogen-bond acceptors (Lipinski definition) is 4. The highest BCUT2D eigenvalue weighted by Crippen LogP contribution is 2.20. The largest absolute Gasteiger partial charge is 0.295 e. The van der Waals surface area contributed by atoms with Crippen molar-refractivity contribution >= 4 is 5.65 Å². The molecule has 98 valence electrons. The van der Waals surface area contributed by atoms with Crippen molar-refractivity contribution in [3.63, 3.8) is 0 Å². The molecule has 0 fully saturated rings. The molecule has 0 spiro atoms. The molecule has 0 amide bonds. The molecule has 0 aromatic carbocycles. The molecule has 6 nitrogen and oxygen atoms in total. The third-order valence-corrected chi connectivity index (χ3v) is 3.16. The Labute approximate surface area is 114 Å². The Bertz CT molecular complexity index is 870. The zero-order chi connectivity index (χ0) is 14.1. The Kier molecular flexibility index (Phi) is 2.80. The van der Waals surface area contributed by atoms with Crippen molar-refractivity contribution in [3.8, 4) is 17.3 Å². The number of fused-ring (bicyclic) bond motifs is 1. The molecular formula is C14H11N5O. The van der Waals surface area contributed by atoms with Crippen LogP contribution in [0.3, 0.4) is 0 Å². The lowest BCUT2D eigenvalue weighted by Gasteiger charge is -2.07. The molecule has 3 aromatic rings. The predicted octanol–water partition coefficient (Wildman–Crippen LogP) is 1.52. The van der Waals surface area contributed by atoms with E-state index in [4.69, 9.17) is 5.26 Å². The zero-order valence-electron chi connectivity index (χ0n) is 10.8. The van der Waals surface area contributed by atoms with Gasteiger partial charge in [0.15, 0.2) is 5.65 Å². The zero-order valence-corrected chi connectivity index (χ0v) is 10.8. The van der Waals surface area contributed by atoms with Crippen molar-refractivity contribution in [2.75, 3.05) is 0 Å². The lowest BCUT2D eigenvalue weighted by atomic mass is 10.1. The molecule has 0 atom stereocenters. The van der Waals surface area contributed by atoms with Gasteiger partial charge < -0.3 is 0 Å². The third-order valence-electron chi connectivity index (χ3n) is 3.16. The van der Waals surface area contributed by atoms with Crippen molar-refractivity contribution in [2.45, 2.75) is 13.3 Å². The number of nitriles is 1. The Morgan fingerprint density at radius 3 is 3.00 bits per heavy atom. The second-order valence-corrected chi connectivity index (χ2v) is 4.30. The quantitative estimate of drug-likeness (QED) is 0.761. The molecule has 20 heavy (non-hydrogen) atoms. The van der Waals surface area contributed by atoms with E-state index in [-0.39, 0.29) is 5.56 Å². The normalized spacial score (nSPS) is 10.6. The number of nitrogens with zero attached hydrogens (tertiary/aromatic N) is 4. The average molecular weight is 265 g/mol. The van der Waals surface area contributed by atoms with Gasteiger partial charge in [-0.3, -0.25) is 14.9 Å². The van der Waals surface area contributed by atoms with Crippen LogP contribution in [0.4, 0.5) is 0 Å². The first-order valence-corrected chi connectivity index (χ1v) is 6.19. The lowest BCUT2D eigenvalue weighted by molar-refractivity contribution is 0.870. The Hall–Kier alpha value is -2.94. The van der Waals surface area contributed by atoms with Crippen molar-refractivity contribution < 1.29 is 0 Å². The first kappa shape index (κ1) is 12.1. The van der Waals surface area contributed by atoms with Crippen LogP contribution in [0.25, 0.3) is 16.9 Å². The van der Waals surface area contributed by atoms with Gasteiger partial charge in [0.1, 0.15) is 11.6 Å². The smallest absolute Gasteiger partial charge is 0.276 e. The fraction of sp³-hybridized carbons (Fsp3) is 0.143. The summed E-state index contributed by atoms with van der Waals surface area (Å²) in [6.45, 7) is 1.90. The number of aromatic amines is 1. The monoisotopic (exact) mass is 265 g/mol. The van der Waals surface area contributed by atoms with Crippen molar-refractivity contribution in [2.24, 2.45) is 0 Å². The van der Waals surface area contributed by atoms with Gasteiger partial charge in [-0.05, 0) is 18.6 Å². The van der Waals surface area contributed by atoms with E-state index in [1.807, 2.05) is 19.1 Å². The molecule has 0 bridgehead atoms. The molecule has 3 aromatic heterocycles. The number of rotatable bonds is 2. The predicted molar refractivity (Wildman–Crippen MR) is 73.1 cm³/mol. The van der Waals surface area contributed by atoms with E-state index in [2.05, 4.69) is 15.1 Å². The van der Waals surface area contributed by atoms with Crippen LogP contribution in [0, 0.1) is 11.3 Å². The van der Waals surface area contributed by atoms with Crippen LogP contribution in [-0.2, 0) is 6.42 Å². The summed E-state index contributed by atoms with van der Waals surface area (Å²) >= 11 is 0. The second kappa shape index (κ2) is 4.63. The average Bonchev–Trinajstić information content (AvgIpc) is 2.91. The third kappa shape index (κ3) is 1.68. The number of H-pyrrole nitrogens is 1. The van der Waals surface area contributed by atoms with E-state index in [9.17, 15) is 4.79 Å². The van der Waals surface area contributed by atoms with Crippen LogP contribution in [0.2, 0.25) is 0 Å². The molecule has 3 rings (SSSR count). The standard InChI is InChI=1S/C14H11N5O/c1-2-11-12(9-4-3-5-16-7-9)18-13-10(6-15)8-17-19(13)14(11)20/h3-5,7-8,17H,2H2,1H3. The molecular weight excluding hydrogens is 254 g/mol. The van der Waals surface area contributed by atoms with Gasteiger partial charge >= 0.3 is 0 Å². The minimum absolute atomic E-state index is 0.183. The maximum absolute atomic E-state index is 12.4. The highest BCUT2D eigenvalue weighted by molar-refractivity contribution is 5.66. The molecule has 0 aliphatic carbocycles. The first-order chi connectivity index (χ1) is 9.76. The van der Waals surface area contributed by atoms with E-state index in [1.165, 1.54) is 10.7 Å². The second-order valence-electron chi connectivity index (χ2n) is 4.30. The van der Waals surface area contributed by atoms with Gasteiger partial charge in [0, 0.05) is 29.7 Å². The summed E-state index contributed by atoms with van der Waals surface area (Å²) in [5, 5.41) is 11.8. The summed E-state index contributed by atoms with van der Waals surface area (Å²) in [5.41, 5.74) is 2.46. The van der Waals surface area contributed by atoms with Crippen LogP contribution in [0.1, 0.15) is 18.1 Å². The van der Waals surface area contributed by atoms with Crippen LogP contribution in [0.5, 0.6) is 0 Å². The molecule has 1 N–H and O–H groups in total. The van der Waals surface area contributed by atoms with Gasteiger partial charge in [-0.15, -0.1) is 0 Å². The van der Waals surface area contributed by atoms with Crippen LogP contribution in [0.15, 0.2) is 35.5 Å². The molecule has 0 saturated carbocycles. The fourth-order valence-corrected chi connectivity index (χ4v) is 2.19. The Balaban J connectivity index is 2.42. The molecule has 3 heterocycles. The molecule has 0 radical (unpaired) electrons. The number of aromatic nitrogens is 4. The van der Waals surface area contributed by atoms with E-state index in [0.29, 0.717) is 28.9 Å². The summed E-state index contributed by atoms with van der Waals surface area (Å²) in [6.07, 6.45) is 5.36. The molecule has 0 aliphatic heterocycles. The highest BCUT2D eigenvalue weighted by atomic mass is 16.1. The van der Waals surface area contributed by atoms with Gasteiger partial charge in [-0.1, -0.05) is 6.92 Å². The fourth-order valence-electron chi connectivity index (χ4n) is 2.19. The highest BCUT2D eigenvalue weighted by Gasteiger charge is 2.16. The summed E-state index contributed by atoms with van der Waals surface area (Å²) in [6, 6.07) is 5.67. The van der Waals surface area contributed by atoms with Gasteiger partial charge in [0.05, 0.1) is 5.69 Å². The van der Waals surface area contributed by atoms with Gasteiger partial charge in [-0.2, -0.15) is 5.26 Å². The summed E-state index contributed by atoms with van der Waals surface area (Å²) in [7, 11) is 0. The topological polar surface area (TPSA) is 86.8 Å². The SMILES string of the molecule is CCc1c(-c2cccnc2)nc2c(C#N)c[nH]n2c1=O. The minimum Gasteiger partial charge on any atom is -0.295 e. The number of pyridine rings is 1. The van der Waals surface area contributed by atoms with Crippen LogP contribution < -0.4 is 5.56 Å². The van der Waals surface area contributed by atoms with E-state index in [1.54, 1.807) is 18.5 Å². The Morgan fingerprint density at radius 1 is 1.50 bits per heavy atom. The summed E-state index contributed by atoms with van der Waals surface area (Å²) < 4.78 is 1.30. The maximum atomic E-state index is 12.4. The van der Waals surface area contributed by atoms with Crippen LogP contribution in [-0.4, -0.2) is 19.6 Å². The number of nitrogens with one attached hydrogen (secondary N) is 1. The lowest BCUT2D eigenvalue weighted by Crippen LogP contribution is -2.21. The van der Waals surface area contributed by atoms with Gasteiger partial charge in [-0.25, -0.2) is 9.50 Å². The molecule has 0 unspecified atom stereocenters. The Morgan fingerprint density at radius 2 is 2.35 bits per heavy atom. The summed E-state index contributed by atoms with van der Waals surface area (Å²) in [4.78, 5) is 21.0. The van der Waals surface area contributed by atoms with E-state index in [0.717, 1.165) is 5.56 Å². The number of hydrogen-bond donors (Lipinski definition) is 1. The van der Waals surface area contributed by atoms with Crippen LogP contribution >= 0.6 is 0 Å². The summed E-state index contributed by atoms with van der Waals surface area (Å²) in [5.74, 6) is 0. The van der Waals surface area contributed by atoms with E-state index < -0.39 is 0 Å². The first-order valence-electron chi connectivity index (χ1n) is 6.19. The molecule has 6 heteroatoms. The molecule has 0 saturated heterocycles. The minimum atomic E-state index is -0.183. The van der Waals surface area contributed by atoms with Crippen molar-refractivity contribution in [3.05, 3.63) is 52.2 Å².